The smallest absolute Gasteiger partial charge is 0.150 e. The lowest BCUT2D eigenvalue weighted by atomic mass is 10.1. The van der Waals surface area contributed by atoms with Crippen LogP contribution in [0.5, 0.6) is 0 Å². The third kappa shape index (κ3) is 5.42. The topological polar surface area (TPSA) is 60.2 Å². The Morgan fingerprint density at radius 2 is 2.11 bits per heavy atom. The fourth-order valence-electron chi connectivity index (χ4n) is 1.50. The Labute approximate surface area is 114 Å². The van der Waals surface area contributed by atoms with Gasteiger partial charge < -0.3 is 5.73 Å². The number of hydrogen-bond donors (Lipinski definition) is 1. The average Bonchev–Trinajstić information content (AvgIpc) is 2.35. The van der Waals surface area contributed by atoms with Crippen LogP contribution in [0.4, 0.5) is 0 Å². The molecule has 0 aromatic heterocycles. The van der Waals surface area contributed by atoms with E-state index in [-0.39, 0.29) is 17.5 Å². The van der Waals surface area contributed by atoms with Gasteiger partial charge in [-0.3, -0.25) is 0 Å². The second-order valence-corrected chi connectivity index (χ2v) is 7.94. The average molecular weight is 287 g/mol. The Bertz CT molecular complexity index is 470. The van der Waals surface area contributed by atoms with Crippen molar-refractivity contribution in [3.05, 3.63) is 29.8 Å². The van der Waals surface area contributed by atoms with E-state index in [0.29, 0.717) is 6.42 Å². The minimum Gasteiger partial charge on any atom is -0.324 e. The monoisotopic (exact) mass is 287 g/mol. The second-order valence-electron chi connectivity index (χ2n) is 4.30. The van der Waals surface area contributed by atoms with E-state index in [1.807, 2.05) is 25.1 Å². The summed E-state index contributed by atoms with van der Waals surface area (Å²) < 4.78 is 22.7. The summed E-state index contributed by atoms with van der Waals surface area (Å²) in [5, 5.41) is 0. The van der Waals surface area contributed by atoms with Crippen LogP contribution in [0, 0.1) is 0 Å². The largest absolute Gasteiger partial charge is 0.324 e. The van der Waals surface area contributed by atoms with Gasteiger partial charge in [0.2, 0.25) is 0 Å². The highest BCUT2D eigenvalue weighted by Gasteiger charge is 2.07. The molecule has 18 heavy (non-hydrogen) atoms. The van der Waals surface area contributed by atoms with Crippen molar-refractivity contribution >= 4 is 21.6 Å². The lowest BCUT2D eigenvalue weighted by Gasteiger charge is -2.08. The van der Waals surface area contributed by atoms with Gasteiger partial charge in [0, 0.05) is 16.7 Å². The molecular formula is C13H21NO2S2. The summed E-state index contributed by atoms with van der Waals surface area (Å²) in [4.78, 5) is 1.15. The normalized spacial score (nSPS) is 13.5. The molecule has 0 aliphatic heterocycles. The van der Waals surface area contributed by atoms with Crippen LogP contribution < -0.4 is 5.73 Å². The number of hydrogen-bond acceptors (Lipinski definition) is 4. The quantitative estimate of drug-likeness (QED) is 0.618. The molecule has 0 fully saturated rings. The van der Waals surface area contributed by atoms with Gasteiger partial charge in [-0.05, 0) is 36.8 Å². The first-order valence-corrected chi connectivity index (χ1v) is 8.94. The predicted octanol–water partition coefficient (Wildman–Crippen LogP) is 2.62. The van der Waals surface area contributed by atoms with Crippen LogP contribution in [0.25, 0.3) is 0 Å². The summed E-state index contributed by atoms with van der Waals surface area (Å²) in [7, 11) is -2.83. The standard InChI is InChI=1S/C13H21NO2S2/c1-3-18(15,16)9-5-8-17-13-7-4-6-12(10-13)11(2)14/h4,6-7,10-11H,3,5,8-9,14H2,1-2H3. The predicted molar refractivity (Wildman–Crippen MR) is 78.7 cm³/mol. The zero-order valence-corrected chi connectivity index (χ0v) is 12.6. The first-order chi connectivity index (χ1) is 8.44. The maximum Gasteiger partial charge on any atom is 0.150 e. The van der Waals surface area contributed by atoms with Crippen LogP contribution in [0.15, 0.2) is 29.2 Å². The zero-order valence-electron chi connectivity index (χ0n) is 10.9. The highest BCUT2D eigenvalue weighted by Crippen LogP contribution is 2.22. The van der Waals surface area contributed by atoms with Crippen molar-refractivity contribution in [3.8, 4) is 0 Å². The molecule has 0 amide bonds. The molecule has 0 aliphatic rings. The molecule has 1 unspecified atom stereocenters. The lowest BCUT2D eigenvalue weighted by molar-refractivity contribution is 0.596. The van der Waals surface area contributed by atoms with E-state index in [9.17, 15) is 8.42 Å². The Morgan fingerprint density at radius 3 is 2.72 bits per heavy atom. The van der Waals surface area contributed by atoms with E-state index >= 15 is 0 Å². The highest BCUT2D eigenvalue weighted by atomic mass is 32.2. The van der Waals surface area contributed by atoms with E-state index in [1.54, 1.807) is 18.7 Å². The molecule has 0 spiro atoms. The second kappa shape index (κ2) is 7.16. The van der Waals surface area contributed by atoms with Gasteiger partial charge in [0.15, 0.2) is 0 Å². The van der Waals surface area contributed by atoms with Crippen molar-refractivity contribution in [2.75, 3.05) is 17.3 Å². The van der Waals surface area contributed by atoms with Gasteiger partial charge in [-0.25, -0.2) is 8.42 Å². The third-order valence-electron chi connectivity index (χ3n) is 2.69. The minimum atomic E-state index is -2.83. The number of nitrogens with two attached hydrogens (primary N) is 1. The van der Waals surface area contributed by atoms with Crippen molar-refractivity contribution in [1.29, 1.82) is 0 Å². The molecule has 102 valence electrons. The van der Waals surface area contributed by atoms with Crippen molar-refractivity contribution < 1.29 is 8.42 Å². The zero-order chi connectivity index (χ0) is 13.6. The molecule has 0 saturated heterocycles. The fourth-order valence-corrected chi connectivity index (χ4v) is 3.47. The summed E-state index contributed by atoms with van der Waals surface area (Å²) in [6.45, 7) is 3.65. The molecule has 1 aromatic rings. The van der Waals surface area contributed by atoms with E-state index < -0.39 is 9.84 Å². The van der Waals surface area contributed by atoms with Crippen LogP contribution in [0.1, 0.15) is 31.9 Å². The number of thioether (sulfide) groups is 1. The summed E-state index contributed by atoms with van der Waals surface area (Å²) in [6, 6.07) is 8.14. The molecule has 2 N–H and O–H groups in total. The van der Waals surface area contributed by atoms with E-state index in [4.69, 9.17) is 5.73 Å². The van der Waals surface area contributed by atoms with E-state index in [0.717, 1.165) is 16.2 Å². The molecule has 5 heteroatoms. The number of rotatable bonds is 7. The van der Waals surface area contributed by atoms with Gasteiger partial charge in [0.05, 0.1) is 5.75 Å². The first-order valence-electron chi connectivity index (χ1n) is 6.13. The number of sulfone groups is 1. The molecule has 0 saturated carbocycles. The first kappa shape index (κ1) is 15.5. The van der Waals surface area contributed by atoms with Crippen LogP contribution in [-0.2, 0) is 9.84 Å². The van der Waals surface area contributed by atoms with Crippen molar-refractivity contribution in [2.45, 2.75) is 31.2 Å². The molecule has 1 rings (SSSR count). The fraction of sp³-hybridized carbons (Fsp3) is 0.538. The molecule has 1 atom stereocenters. The van der Waals surface area contributed by atoms with Gasteiger partial charge in [0.25, 0.3) is 0 Å². The number of benzene rings is 1. The SMILES string of the molecule is CCS(=O)(=O)CCCSc1cccc(C(C)N)c1. The van der Waals surface area contributed by atoms with Crippen LogP contribution in [0.2, 0.25) is 0 Å². The summed E-state index contributed by atoms with van der Waals surface area (Å²) in [5.74, 6) is 1.34. The van der Waals surface area contributed by atoms with Crippen molar-refractivity contribution in [2.24, 2.45) is 5.73 Å². The summed E-state index contributed by atoms with van der Waals surface area (Å²) in [5.41, 5.74) is 6.94. The van der Waals surface area contributed by atoms with Gasteiger partial charge in [-0.1, -0.05) is 19.1 Å². The van der Waals surface area contributed by atoms with Crippen LogP contribution in [0.3, 0.4) is 0 Å². The molecule has 0 radical (unpaired) electrons. The molecule has 1 aromatic carbocycles. The Morgan fingerprint density at radius 1 is 1.39 bits per heavy atom. The van der Waals surface area contributed by atoms with Crippen LogP contribution in [-0.4, -0.2) is 25.7 Å². The Hall–Kier alpha value is -0.520. The maximum atomic E-state index is 11.3. The molecule has 3 nitrogen and oxygen atoms in total. The minimum absolute atomic E-state index is 0.0334. The maximum absolute atomic E-state index is 11.3. The van der Waals surface area contributed by atoms with Crippen molar-refractivity contribution in [1.82, 2.24) is 0 Å². The molecular weight excluding hydrogens is 266 g/mol. The Balaban J connectivity index is 2.42. The summed E-state index contributed by atoms with van der Waals surface area (Å²) in [6.07, 6.45) is 0.698. The molecule has 0 bridgehead atoms. The lowest BCUT2D eigenvalue weighted by Crippen LogP contribution is -2.09. The van der Waals surface area contributed by atoms with Crippen LogP contribution >= 0.6 is 11.8 Å². The van der Waals surface area contributed by atoms with Gasteiger partial charge in [-0.2, -0.15) is 0 Å². The van der Waals surface area contributed by atoms with E-state index in [1.165, 1.54) is 0 Å². The van der Waals surface area contributed by atoms with Gasteiger partial charge in [-0.15, -0.1) is 11.8 Å². The van der Waals surface area contributed by atoms with Gasteiger partial charge >= 0.3 is 0 Å². The molecule has 0 heterocycles. The van der Waals surface area contributed by atoms with Crippen molar-refractivity contribution in [3.63, 3.8) is 0 Å². The highest BCUT2D eigenvalue weighted by molar-refractivity contribution is 7.99. The summed E-state index contributed by atoms with van der Waals surface area (Å²) >= 11 is 1.68. The molecule has 0 aliphatic carbocycles. The third-order valence-corrected chi connectivity index (χ3v) is 5.56. The van der Waals surface area contributed by atoms with E-state index in [2.05, 4.69) is 6.07 Å². The van der Waals surface area contributed by atoms with Gasteiger partial charge in [0.1, 0.15) is 9.84 Å². The Kier molecular flexibility index (Phi) is 6.18.